The summed E-state index contributed by atoms with van der Waals surface area (Å²) in [5.74, 6) is -0.859. The number of halogens is 8. The third-order valence-electron chi connectivity index (χ3n) is 4.74. The molecule has 0 saturated heterocycles. The van der Waals surface area contributed by atoms with Gasteiger partial charge >= 0.3 is 0 Å². The number of ether oxygens (including phenoxy) is 1. The van der Waals surface area contributed by atoms with Gasteiger partial charge in [0.05, 0.1) is 21.6 Å². The van der Waals surface area contributed by atoms with Gasteiger partial charge in [0.1, 0.15) is 33.3 Å². The van der Waals surface area contributed by atoms with Crippen molar-refractivity contribution in [3.8, 4) is 5.75 Å². The highest BCUT2D eigenvalue weighted by molar-refractivity contribution is 6.55. The molecule has 6 nitrogen and oxygen atoms in total. The fourth-order valence-electron chi connectivity index (χ4n) is 3.01. The zero-order chi connectivity index (χ0) is 26.1. The van der Waals surface area contributed by atoms with Gasteiger partial charge in [-0.3, -0.25) is 9.48 Å². The molecular weight excluding hydrogens is 621 g/mol. The van der Waals surface area contributed by atoms with E-state index >= 15 is 0 Å². The molecule has 0 atom stereocenters. The summed E-state index contributed by atoms with van der Waals surface area (Å²) < 4.78 is 26.5. The molecule has 0 aliphatic heterocycles. The monoisotopic (exact) mass is 629 g/mol. The number of hydrogen-bond donors (Lipinski definition) is 1. The van der Waals surface area contributed by atoms with Gasteiger partial charge in [-0.05, 0) is 24.3 Å². The lowest BCUT2D eigenvalue weighted by Crippen LogP contribution is -2.12. The van der Waals surface area contributed by atoms with E-state index in [2.05, 4.69) is 10.4 Å². The molecule has 14 heteroatoms. The summed E-state index contributed by atoms with van der Waals surface area (Å²) in [6.07, 6.45) is 1.43. The predicted octanol–water partition coefficient (Wildman–Crippen LogP) is 9.07. The fourth-order valence-corrected chi connectivity index (χ4v) is 4.66. The van der Waals surface area contributed by atoms with Crippen LogP contribution >= 0.6 is 81.2 Å². The van der Waals surface area contributed by atoms with Gasteiger partial charge in [0.25, 0.3) is 5.91 Å². The number of hydrogen-bond acceptors (Lipinski definition) is 4. The van der Waals surface area contributed by atoms with E-state index in [1.165, 1.54) is 35.1 Å². The van der Waals surface area contributed by atoms with Crippen molar-refractivity contribution in [2.75, 3.05) is 5.32 Å². The Labute approximate surface area is 238 Å². The van der Waals surface area contributed by atoms with Crippen LogP contribution in [0.1, 0.15) is 21.9 Å². The van der Waals surface area contributed by atoms with Gasteiger partial charge in [-0.1, -0.05) is 87.3 Å². The maximum absolute atomic E-state index is 14.1. The molecule has 0 bridgehead atoms. The molecular formula is C22H11Cl7FN3O3. The molecule has 0 spiro atoms. The van der Waals surface area contributed by atoms with Crippen LogP contribution in [0.3, 0.4) is 0 Å². The van der Waals surface area contributed by atoms with Gasteiger partial charge in [0, 0.05) is 16.8 Å². The molecule has 4 rings (SSSR count). The Balaban J connectivity index is 1.43. The maximum atomic E-state index is 14.1. The molecule has 0 aliphatic rings. The molecule has 4 aromatic rings. The van der Waals surface area contributed by atoms with Crippen LogP contribution in [0.25, 0.3) is 0 Å². The normalized spacial score (nSPS) is 11.1. The first kappa shape index (κ1) is 27.2. The third kappa shape index (κ3) is 5.68. The number of carbonyl (C=O) groups is 1. The van der Waals surface area contributed by atoms with Crippen LogP contribution in [0.2, 0.25) is 35.2 Å². The van der Waals surface area contributed by atoms with E-state index in [9.17, 15) is 9.18 Å². The largest absolute Gasteiger partial charge is 0.482 e. The van der Waals surface area contributed by atoms with Crippen LogP contribution < -0.4 is 10.1 Å². The fraction of sp³-hybridized carbons (Fsp3) is 0.0909. The van der Waals surface area contributed by atoms with Crippen molar-refractivity contribution in [3.05, 3.63) is 94.6 Å². The minimum Gasteiger partial charge on any atom is -0.482 e. The van der Waals surface area contributed by atoms with E-state index in [4.69, 9.17) is 90.4 Å². The highest BCUT2D eigenvalue weighted by Gasteiger charge is 2.22. The first-order valence-corrected chi connectivity index (χ1v) is 12.4. The Kier molecular flexibility index (Phi) is 8.52. The predicted molar refractivity (Wildman–Crippen MR) is 140 cm³/mol. The second kappa shape index (κ2) is 11.3. The van der Waals surface area contributed by atoms with Crippen molar-refractivity contribution in [1.82, 2.24) is 9.78 Å². The van der Waals surface area contributed by atoms with Crippen molar-refractivity contribution in [2.24, 2.45) is 0 Å². The highest BCUT2D eigenvalue weighted by atomic mass is 35.5. The number of rotatable bonds is 7. The van der Waals surface area contributed by atoms with Crippen LogP contribution in [0.15, 0.2) is 40.9 Å². The van der Waals surface area contributed by atoms with Crippen molar-refractivity contribution < 1.29 is 18.3 Å². The van der Waals surface area contributed by atoms with Crippen molar-refractivity contribution >= 4 is 92.9 Å². The van der Waals surface area contributed by atoms with Crippen molar-refractivity contribution in [3.63, 3.8) is 0 Å². The van der Waals surface area contributed by atoms with E-state index < -0.39 is 11.7 Å². The molecule has 0 unspecified atom stereocenters. The van der Waals surface area contributed by atoms with Crippen molar-refractivity contribution in [1.29, 1.82) is 0 Å². The summed E-state index contributed by atoms with van der Waals surface area (Å²) >= 11 is 42.6. The molecule has 0 saturated carbocycles. The minimum atomic E-state index is -0.633. The molecule has 188 valence electrons. The average Bonchev–Trinajstić information content (AvgIpc) is 3.45. The lowest BCUT2D eigenvalue weighted by Gasteiger charge is -2.12. The molecule has 1 amide bonds. The van der Waals surface area contributed by atoms with Crippen LogP contribution in [0.5, 0.6) is 5.75 Å². The Hall–Kier alpha value is -1.84. The molecule has 2 aromatic carbocycles. The summed E-state index contributed by atoms with van der Waals surface area (Å²) in [5, 5.41) is 6.99. The molecule has 0 fully saturated rings. The lowest BCUT2D eigenvalue weighted by molar-refractivity contribution is 0.0992. The number of aromatic nitrogens is 2. The molecule has 2 aromatic heterocycles. The van der Waals surface area contributed by atoms with Gasteiger partial charge in [0.15, 0.2) is 17.3 Å². The van der Waals surface area contributed by atoms with E-state index in [0.717, 1.165) is 0 Å². The molecule has 2 heterocycles. The summed E-state index contributed by atoms with van der Waals surface area (Å²) in [6.45, 7) is -0.146. The number of amides is 1. The van der Waals surface area contributed by atoms with Gasteiger partial charge in [0.2, 0.25) is 0 Å². The SMILES string of the molecule is O=C(Nc1nn(Cc2c(F)cccc2Cl)cc1Cl)c1ccc(COc2c(Cl)c(Cl)c(Cl)c(Cl)c2Cl)o1. The topological polar surface area (TPSA) is 69.3 Å². The van der Waals surface area contributed by atoms with Crippen LogP contribution in [-0.4, -0.2) is 15.7 Å². The van der Waals surface area contributed by atoms with Crippen LogP contribution in [0.4, 0.5) is 10.2 Å². The smallest absolute Gasteiger partial charge is 0.292 e. The highest BCUT2D eigenvalue weighted by Crippen LogP contribution is 2.48. The number of nitrogens with one attached hydrogen (secondary N) is 1. The second-order valence-electron chi connectivity index (χ2n) is 7.13. The molecule has 1 N–H and O–H groups in total. The zero-order valence-corrected chi connectivity index (χ0v) is 22.8. The molecule has 36 heavy (non-hydrogen) atoms. The van der Waals surface area contributed by atoms with E-state index in [0.29, 0.717) is 0 Å². The summed E-state index contributed by atoms with van der Waals surface area (Å²) in [4.78, 5) is 12.6. The number of benzene rings is 2. The number of carbonyl (C=O) groups excluding carboxylic acids is 1. The quantitative estimate of drug-likeness (QED) is 0.163. The van der Waals surface area contributed by atoms with Crippen molar-refractivity contribution in [2.45, 2.75) is 13.2 Å². The maximum Gasteiger partial charge on any atom is 0.292 e. The molecule has 0 radical (unpaired) electrons. The first-order valence-electron chi connectivity index (χ1n) is 9.77. The van der Waals surface area contributed by atoms with Gasteiger partial charge < -0.3 is 14.5 Å². The summed E-state index contributed by atoms with van der Waals surface area (Å²) in [7, 11) is 0. The Bertz CT molecular complexity index is 1420. The minimum absolute atomic E-state index is 0.00394. The third-order valence-corrected chi connectivity index (χ3v) is 7.62. The average molecular weight is 633 g/mol. The molecule has 0 aliphatic carbocycles. The van der Waals surface area contributed by atoms with Gasteiger partial charge in [-0.25, -0.2) is 4.39 Å². The van der Waals surface area contributed by atoms with Crippen LogP contribution in [-0.2, 0) is 13.2 Å². The number of furan rings is 1. The second-order valence-corrected chi connectivity index (χ2v) is 9.84. The number of nitrogens with zero attached hydrogens (tertiary/aromatic N) is 2. The zero-order valence-electron chi connectivity index (χ0n) is 17.5. The first-order chi connectivity index (χ1) is 17.1. The van der Waals surface area contributed by atoms with Gasteiger partial charge in [-0.2, -0.15) is 5.10 Å². The van der Waals surface area contributed by atoms with E-state index in [1.54, 1.807) is 6.07 Å². The number of anilines is 1. The Morgan fingerprint density at radius 2 is 1.61 bits per heavy atom. The van der Waals surface area contributed by atoms with E-state index in [-0.39, 0.29) is 77.0 Å². The Morgan fingerprint density at radius 1 is 0.944 bits per heavy atom. The van der Waals surface area contributed by atoms with Crippen LogP contribution in [0, 0.1) is 5.82 Å². The van der Waals surface area contributed by atoms with Gasteiger partial charge in [-0.15, -0.1) is 0 Å². The Morgan fingerprint density at radius 3 is 2.28 bits per heavy atom. The summed E-state index contributed by atoms with van der Waals surface area (Å²) in [5.41, 5.74) is 0.232. The van der Waals surface area contributed by atoms with E-state index in [1.807, 2.05) is 0 Å². The summed E-state index contributed by atoms with van der Waals surface area (Å²) in [6, 6.07) is 7.27. The lowest BCUT2D eigenvalue weighted by atomic mass is 10.2. The standard InChI is InChI=1S/C22H11Cl7FN3O3/c23-11-2-1-3-13(30)10(11)6-33-7-12(24)21(32-33)31-22(34)14-5-4-9(36-14)8-35-20-18(28)16(26)15(25)17(27)19(20)29/h1-5,7H,6,8H2,(H,31,32,34).